The zero-order chi connectivity index (χ0) is 17.7. The molecule has 6 heteroatoms. The number of hydrogen-bond donors (Lipinski definition) is 0. The Morgan fingerprint density at radius 2 is 1.88 bits per heavy atom. The highest BCUT2D eigenvalue weighted by molar-refractivity contribution is 6.00. The van der Waals surface area contributed by atoms with Crippen molar-refractivity contribution in [3.63, 3.8) is 0 Å². The van der Waals surface area contributed by atoms with Crippen LogP contribution in [0, 0.1) is 18.3 Å². The Kier molecular flexibility index (Phi) is 5.14. The lowest BCUT2D eigenvalue weighted by Crippen LogP contribution is -2.11. The van der Waals surface area contributed by atoms with E-state index in [4.69, 9.17) is 5.26 Å². The maximum absolute atomic E-state index is 12.5. The van der Waals surface area contributed by atoms with Crippen molar-refractivity contribution in [1.29, 1.82) is 5.26 Å². The Labute approximate surface area is 137 Å². The summed E-state index contributed by atoms with van der Waals surface area (Å²) < 4.78 is 37.5. The minimum Gasteiger partial charge on any atom is -0.293 e. The fourth-order valence-corrected chi connectivity index (χ4v) is 1.97. The molecule has 0 N–H and O–H groups in total. The van der Waals surface area contributed by atoms with Crippen LogP contribution in [0.5, 0.6) is 0 Å². The second-order valence-electron chi connectivity index (χ2n) is 5.18. The molecule has 0 bridgehead atoms. The molecule has 3 nitrogen and oxygen atoms in total. The summed E-state index contributed by atoms with van der Waals surface area (Å²) in [5, 5.41) is 9.15. The van der Waals surface area contributed by atoms with Crippen molar-refractivity contribution in [2.24, 2.45) is 0 Å². The fraction of sp³-hybridized carbons (Fsp3) is 0.167. The third-order valence-electron chi connectivity index (χ3n) is 3.34. The molecular formula is C18H13F3N2O. The van der Waals surface area contributed by atoms with Crippen molar-refractivity contribution in [1.82, 2.24) is 4.98 Å². The third kappa shape index (κ3) is 4.29. The normalized spacial score (nSPS) is 12.8. The molecule has 1 aromatic heterocycles. The number of nitriles is 1. The summed E-state index contributed by atoms with van der Waals surface area (Å²) in [4.78, 5) is 15.7. The molecule has 0 fully saturated rings. The van der Waals surface area contributed by atoms with Gasteiger partial charge >= 0.3 is 6.18 Å². The van der Waals surface area contributed by atoms with Crippen molar-refractivity contribution in [3.8, 4) is 6.07 Å². The van der Waals surface area contributed by atoms with Crippen LogP contribution in [0.4, 0.5) is 13.2 Å². The van der Waals surface area contributed by atoms with Gasteiger partial charge < -0.3 is 0 Å². The SMILES string of the molecule is Cc1ccc(/C=C/C(=O)C(C#N)c2ccc(C(F)(F)F)cn2)cc1. The number of hydrogen-bond acceptors (Lipinski definition) is 3. The van der Waals surface area contributed by atoms with Crippen molar-refractivity contribution < 1.29 is 18.0 Å². The predicted molar refractivity (Wildman–Crippen MR) is 82.8 cm³/mol. The van der Waals surface area contributed by atoms with E-state index in [1.165, 1.54) is 6.08 Å². The lowest BCUT2D eigenvalue weighted by molar-refractivity contribution is -0.137. The molecule has 0 aliphatic rings. The van der Waals surface area contributed by atoms with E-state index in [1.807, 2.05) is 31.2 Å². The first kappa shape index (κ1) is 17.4. The molecule has 1 aromatic carbocycles. The molecule has 0 aliphatic heterocycles. The lowest BCUT2D eigenvalue weighted by atomic mass is 9.99. The van der Waals surface area contributed by atoms with Crippen LogP contribution >= 0.6 is 0 Å². The summed E-state index contributed by atoms with van der Waals surface area (Å²) >= 11 is 0. The number of rotatable bonds is 4. The molecule has 122 valence electrons. The Balaban J connectivity index is 2.17. The Bertz CT molecular complexity index is 785. The van der Waals surface area contributed by atoms with Crippen LogP contribution in [-0.4, -0.2) is 10.8 Å². The molecule has 0 amide bonds. The standard InChI is InChI=1S/C18H13F3N2O/c1-12-2-4-13(5-3-12)6-9-17(24)15(10-22)16-8-7-14(11-23-16)18(19,20)21/h2-9,11,15H,1H3/b9-6+. The Morgan fingerprint density at radius 1 is 1.21 bits per heavy atom. The molecular weight excluding hydrogens is 317 g/mol. The minimum absolute atomic E-state index is 0.0101. The van der Waals surface area contributed by atoms with Gasteiger partial charge in [0.15, 0.2) is 11.7 Å². The monoisotopic (exact) mass is 330 g/mol. The van der Waals surface area contributed by atoms with Crippen LogP contribution in [-0.2, 0) is 11.0 Å². The van der Waals surface area contributed by atoms with E-state index < -0.39 is 23.4 Å². The van der Waals surface area contributed by atoms with Crippen LogP contribution in [0.2, 0.25) is 0 Å². The summed E-state index contributed by atoms with van der Waals surface area (Å²) in [5.74, 6) is -1.78. The van der Waals surface area contributed by atoms with E-state index in [-0.39, 0.29) is 5.69 Å². The lowest BCUT2D eigenvalue weighted by Gasteiger charge is -2.08. The van der Waals surface area contributed by atoms with Crippen molar-refractivity contribution in [3.05, 3.63) is 71.1 Å². The number of aromatic nitrogens is 1. The summed E-state index contributed by atoms with van der Waals surface area (Å²) in [6.45, 7) is 1.93. The number of aryl methyl sites for hydroxylation is 1. The second-order valence-corrected chi connectivity index (χ2v) is 5.18. The molecule has 24 heavy (non-hydrogen) atoms. The molecule has 2 aromatic rings. The van der Waals surface area contributed by atoms with Crippen LogP contribution in [0.25, 0.3) is 6.08 Å². The zero-order valence-electron chi connectivity index (χ0n) is 12.7. The number of carbonyl (C=O) groups is 1. The predicted octanol–water partition coefficient (Wildman–Crippen LogP) is 4.30. The van der Waals surface area contributed by atoms with Gasteiger partial charge in [-0.3, -0.25) is 9.78 Å². The summed E-state index contributed by atoms with van der Waals surface area (Å²) in [7, 11) is 0. The van der Waals surface area contributed by atoms with Crippen LogP contribution in [0.15, 0.2) is 48.7 Å². The van der Waals surface area contributed by atoms with E-state index in [0.29, 0.717) is 6.20 Å². The summed E-state index contributed by atoms with van der Waals surface area (Å²) in [6.07, 6.45) is -1.10. The van der Waals surface area contributed by atoms with Gasteiger partial charge in [0, 0.05) is 6.20 Å². The maximum atomic E-state index is 12.5. The highest BCUT2D eigenvalue weighted by Gasteiger charge is 2.31. The first-order valence-corrected chi connectivity index (χ1v) is 7.02. The van der Waals surface area contributed by atoms with Gasteiger partial charge in [-0.05, 0) is 30.7 Å². The minimum atomic E-state index is -4.51. The van der Waals surface area contributed by atoms with Crippen molar-refractivity contribution >= 4 is 11.9 Å². The average molecular weight is 330 g/mol. The first-order chi connectivity index (χ1) is 11.3. The van der Waals surface area contributed by atoms with Gasteiger partial charge in [0.05, 0.1) is 17.3 Å². The van der Waals surface area contributed by atoms with E-state index in [9.17, 15) is 18.0 Å². The van der Waals surface area contributed by atoms with Crippen molar-refractivity contribution in [2.45, 2.75) is 19.0 Å². The molecule has 1 heterocycles. The van der Waals surface area contributed by atoms with E-state index in [1.54, 1.807) is 12.1 Å². The first-order valence-electron chi connectivity index (χ1n) is 7.02. The van der Waals surface area contributed by atoms with Gasteiger partial charge in [-0.15, -0.1) is 0 Å². The van der Waals surface area contributed by atoms with Gasteiger partial charge in [-0.2, -0.15) is 18.4 Å². The Morgan fingerprint density at radius 3 is 2.38 bits per heavy atom. The highest BCUT2D eigenvalue weighted by Crippen LogP contribution is 2.29. The number of allylic oxidation sites excluding steroid dienone is 1. The van der Waals surface area contributed by atoms with Gasteiger partial charge in [-0.1, -0.05) is 35.9 Å². The zero-order valence-corrected chi connectivity index (χ0v) is 12.7. The van der Waals surface area contributed by atoms with Gasteiger partial charge in [-0.25, -0.2) is 0 Å². The molecule has 0 saturated carbocycles. The topological polar surface area (TPSA) is 53.8 Å². The smallest absolute Gasteiger partial charge is 0.293 e. The van der Waals surface area contributed by atoms with Gasteiger partial charge in [0.1, 0.15) is 0 Å². The largest absolute Gasteiger partial charge is 0.417 e. The van der Waals surface area contributed by atoms with E-state index in [2.05, 4.69) is 4.98 Å². The van der Waals surface area contributed by atoms with Gasteiger partial charge in [0.25, 0.3) is 0 Å². The summed E-state index contributed by atoms with van der Waals surface area (Å²) in [5.41, 5.74) is 0.919. The quantitative estimate of drug-likeness (QED) is 0.786. The van der Waals surface area contributed by atoms with Crippen LogP contribution < -0.4 is 0 Å². The van der Waals surface area contributed by atoms with Crippen LogP contribution in [0.3, 0.4) is 0 Å². The summed E-state index contributed by atoms with van der Waals surface area (Å²) in [6, 6.07) is 11.0. The number of pyridine rings is 1. The molecule has 0 radical (unpaired) electrons. The van der Waals surface area contributed by atoms with Crippen LogP contribution in [0.1, 0.15) is 28.3 Å². The third-order valence-corrected chi connectivity index (χ3v) is 3.34. The fourth-order valence-electron chi connectivity index (χ4n) is 1.97. The molecule has 1 unspecified atom stereocenters. The molecule has 0 spiro atoms. The number of nitrogens with zero attached hydrogens (tertiary/aromatic N) is 2. The van der Waals surface area contributed by atoms with E-state index >= 15 is 0 Å². The number of alkyl halides is 3. The molecule has 0 saturated heterocycles. The second kappa shape index (κ2) is 7.09. The number of halogens is 3. The Hall–Kier alpha value is -2.94. The van der Waals surface area contributed by atoms with Crippen molar-refractivity contribution in [2.75, 3.05) is 0 Å². The number of carbonyl (C=O) groups excluding carboxylic acids is 1. The average Bonchev–Trinajstić information content (AvgIpc) is 2.55. The molecule has 0 aliphatic carbocycles. The maximum Gasteiger partial charge on any atom is 0.417 e. The van der Waals surface area contributed by atoms with E-state index in [0.717, 1.165) is 23.3 Å². The molecule has 1 atom stereocenters. The van der Waals surface area contributed by atoms with Gasteiger partial charge in [0.2, 0.25) is 0 Å². The number of benzene rings is 1. The molecule has 2 rings (SSSR count). The highest BCUT2D eigenvalue weighted by atomic mass is 19.4. The number of ketones is 1.